The molecule has 3 aromatic heterocycles. The van der Waals surface area contributed by atoms with Crippen LogP contribution in [0, 0.1) is 11.6 Å². The van der Waals surface area contributed by atoms with Crippen LogP contribution >= 0.6 is 0 Å². The lowest BCUT2D eigenvalue weighted by Gasteiger charge is -2.37. The normalized spacial score (nSPS) is 16.4. The second-order valence-corrected chi connectivity index (χ2v) is 20.3. The summed E-state index contributed by atoms with van der Waals surface area (Å²) in [5.74, 6) is -3.77. The van der Waals surface area contributed by atoms with Crippen LogP contribution in [0.1, 0.15) is 85.4 Å². The van der Waals surface area contributed by atoms with Gasteiger partial charge in [0, 0.05) is 108 Å². The minimum absolute atomic E-state index is 0.0531. The van der Waals surface area contributed by atoms with Gasteiger partial charge in [-0.2, -0.15) is 0 Å². The van der Waals surface area contributed by atoms with Gasteiger partial charge in [-0.05, 0) is 87.8 Å². The molecule has 6 heterocycles. The molecular formula is C51H61F2N11O9S. The summed E-state index contributed by atoms with van der Waals surface area (Å²) in [7, 11) is -1.91. The van der Waals surface area contributed by atoms with E-state index in [9.17, 15) is 32.4 Å². The molecule has 0 aliphatic carbocycles. The van der Waals surface area contributed by atoms with Crippen molar-refractivity contribution in [2.75, 3.05) is 86.9 Å². The number of pyridine rings is 1. The number of ether oxygens (including phenoxy) is 2. The third-order valence-corrected chi connectivity index (χ3v) is 14.7. The number of unbranched alkanes of at least 4 members (excludes halogenated alkanes) is 1. The van der Waals surface area contributed by atoms with Crippen molar-refractivity contribution in [3.05, 3.63) is 90.1 Å². The maximum Gasteiger partial charge on any atom is 0.264 e. The Kier molecular flexibility index (Phi) is 17.6. The van der Waals surface area contributed by atoms with E-state index < -0.39 is 57.0 Å². The highest BCUT2D eigenvalue weighted by Crippen LogP contribution is 2.37. The summed E-state index contributed by atoms with van der Waals surface area (Å²) in [6.45, 7) is 6.51. The second-order valence-electron chi connectivity index (χ2n) is 18.5. The highest BCUT2D eigenvalue weighted by molar-refractivity contribution is 7.92. The lowest BCUT2D eigenvalue weighted by molar-refractivity contribution is -0.136. The van der Waals surface area contributed by atoms with Gasteiger partial charge in [0.2, 0.25) is 27.7 Å². The first-order valence-corrected chi connectivity index (χ1v) is 26.6. The van der Waals surface area contributed by atoms with E-state index in [2.05, 4.69) is 40.4 Å². The smallest absolute Gasteiger partial charge is 0.264 e. The molecule has 4 N–H and O–H groups in total. The Morgan fingerprint density at radius 3 is 2.30 bits per heavy atom. The number of anilines is 3. The summed E-state index contributed by atoms with van der Waals surface area (Å²) in [4.78, 5) is 81.6. The van der Waals surface area contributed by atoms with Crippen LogP contribution in [0.3, 0.4) is 0 Å². The summed E-state index contributed by atoms with van der Waals surface area (Å²) >= 11 is 0. The van der Waals surface area contributed by atoms with Gasteiger partial charge < -0.3 is 29.6 Å². The summed E-state index contributed by atoms with van der Waals surface area (Å²) in [5.41, 5.74) is 2.07. The highest BCUT2D eigenvalue weighted by Gasteiger charge is 2.45. The third kappa shape index (κ3) is 12.5. The molecule has 2 aromatic carbocycles. The Hall–Kier alpha value is -6.95. The molecule has 2 saturated heterocycles. The van der Waals surface area contributed by atoms with Crippen LogP contribution in [0.2, 0.25) is 0 Å². The van der Waals surface area contributed by atoms with Crippen molar-refractivity contribution in [3.63, 3.8) is 0 Å². The molecule has 1 atom stereocenters. The highest BCUT2D eigenvalue weighted by atomic mass is 32.2. The molecule has 0 radical (unpaired) electrons. The molecule has 0 spiro atoms. The van der Waals surface area contributed by atoms with Crippen molar-refractivity contribution in [1.29, 1.82) is 0 Å². The molecule has 1 unspecified atom stereocenters. The van der Waals surface area contributed by atoms with Crippen molar-refractivity contribution in [3.8, 4) is 16.8 Å². The summed E-state index contributed by atoms with van der Waals surface area (Å²) in [5, 5.41) is 8.42. The molecule has 2 fully saturated rings. The number of amides is 5. The molecule has 3 aliphatic rings. The number of halogens is 2. The molecule has 20 nitrogen and oxygen atoms in total. The lowest BCUT2D eigenvalue weighted by Crippen LogP contribution is -2.54. The number of aromatic nitrogens is 4. The number of hydrogen-bond acceptors (Lipinski definition) is 15. The molecule has 5 aromatic rings. The van der Waals surface area contributed by atoms with Gasteiger partial charge in [0.15, 0.2) is 5.82 Å². The van der Waals surface area contributed by atoms with E-state index >= 15 is 8.78 Å². The number of carbonyl (C=O) groups is 5. The molecule has 394 valence electrons. The molecule has 5 amide bonds. The van der Waals surface area contributed by atoms with Crippen molar-refractivity contribution in [1.82, 2.24) is 40.0 Å². The van der Waals surface area contributed by atoms with E-state index in [0.717, 1.165) is 42.7 Å². The van der Waals surface area contributed by atoms with Gasteiger partial charge >= 0.3 is 0 Å². The van der Waals surface area contributed by atoms with Gasteiger partial charge in [0.25, 0.3) is 11.8 Å². The fourth-order valence-electron chi connectivity index (χ4n) is 9.44. The predicted octanol–water partition coefficient (Wildman–Crippen LogP) is 5.04. The topological polar surface area (TPSA) is 239 Å². The molecule has 0 bridgehead atoms. The number of carbonyl (C=O) groups excluding carboxylic acids is 5. The van der Waals surface area contributed by atoms with Crippen LogP contribution in [-0.2, 0) is 33.9 Å². The average molecular weight is 1040 g/mol. The van der Waals surface area contributed by atoms with Crippen LogP contribution in [0.5, 0.6) is 0 Å². The number of hydrogen-bond donors (Lipinski definition) is 4. The first-order valence-electron chi connectivity index (χ1n) is 25.0. The molecule has 8 rings (SSSR count). The summed E-state index contributed by atoms with van der Waals surface area (Å²) in [6, 6.07) is 9.66. The minimum Gasteiger partial charge on any atom is -0.384 e. The zero-order chi connectivity index (χ0) is 52.4. The van der Waals surface area contributed by atoms with Crippen molar-refractivity contribution >= 4 is 67.8 Å². The number of sulfonamides is 1. The second kappa shape index (κ2) is 24.4. The first kappa shape index (κ1) is 53.3. The van der Waals surface area contributed by atoms with E-state index in [1.807, 2.05) is 7.05 Å². The van der Waals surface area contributed by atoms with E-state index in [-0.39, 0.29) is 53.9 Å². The maximum absolute atomic E-state index is 16.1. The number of imide groups is 2. The number of nitrogens with one attached hydrogen (secondary N) is 4. The van der Waals surface area contributed by atoms with Crippen LogP contribution in [-0.4, -0.2) is 151 Å². The Bertz CT molecular complexity index is 2970. The fourth-order valence-corrected chi connectivity index (χ4v) is 10.6. The van der Waals surface area contributed by atoms with Gasteiger partial charge in [-0.25, -0.2) is 32.2 Å². The van der Waals surface area contributed by atoms with Crippen molar-refractivity contribution < 1.29 is 50.6 Å². The van der Waals surface area contributed by atoms with Gasteiger partial charge in [0.1, 0.15) is 29.7 Å². The quantitative estimate of drug-likeness (QED) is 0.0443. The monoisotopic (exact) mass is 1040 g/mol. The SMILES string of the molecule is CCCS(=O)(=O)Nc1ccc(F)c(-n2cc(-c3cncnc3)c3nc(N(C)C4CCN(CC(=O)NCCCOCCCCOCCCNc5cccc6c5C(=O)N(C5CCC(=O)NC5=O)C6=O)CC4)ccc32)c1F. The standard InChI is InChI=1S/C51H61F2N11O9S/c1-3-27-74(70,71)60-39-12-11-37(52)48(46(39)53)63-30-36(33-28-54-32-55-29-33)47-40(63)13-15-42(58-47)61(2)34-17-21-62(22-18-34)31-44(66)57-20-8-26-73-24-5-4-23-72-25-7-19-56-38-10-6-9-35-45(38)51(69)64(50(35)68)41-14-16-43(65)59-49(41)67/h6,9-13,15,28-30,32,34,41,56,60H,3-5,7-8,14,16-27,31H2,1-2H3,(H,57,66)(H,59,65,67). The Morgan fingerprint density at radius 1 is 0.865 bits per heavy atom. The van der Waals surface area contributed by atoms with Gasteiger partial charge in [-0.3, -0.25) is 43.8 Å². The number of benzene rings is 2. The van der Waals surface area contributed by atoms with Crippen LogP contribution in [0.4, 0.5) is 26.0 Å². The minimum atomic E-state index is -3.86. The molecule has 23 heteroatoms. The van der Waals surface area contributed by atoms with E-state index in [0.29, 0.717) is 106 Å². The summed E-state index contributed by atoms with van der Waals surface area (Å²) < 4.78 is 71.8. The molecule has 3 aliphatic heterocycles. The molecule has 74 heavy (non-hydrogen) atoms. The number of piperidine rings is 2. The van der Waals surface area contributed by atoms with Gasteiger partial charge in [0.05, 0.1) is 40.1 Å². The van der Waals surface area contributed by atoms with Gasteiger partial charge in [-0.1, -0.05) is 13.0 Å². The lowest BCUT2D eigenvalue weighted by atomic mass is 10.0. The Balaban J connectivity index is 0.710. The molecular weight excluding hydrogens is 981 g/mol. The zero-order valence-corrected chi connectivity index (χ0v) is 42.2. The van der Waals surface area contributed by atoms with E-state index in [4.69, 9.17) is 14.5 Å². The fraction of sp³-hybridized carbons (Fsp3) is 0.451. The maximum atomic E-state index is 16.1. The summed E-state index contributed by atoms with van der Waals surface area (Å²) in [6.07, 6.45) is 11.1. The van der Waals surface area contributed by atoms with E-state index in [1.54, 1.807) is 55.8 Å². The average Bonchev–Trinajstić information content (AvgIpc) is 3.88. The van der Waals surface area contributed by atoms with Crippen LogP contribution in [0.25, 0.3) is 27.8 Å². The van der Waals surface area contributed by atoms with Crippen molar-refractivity contribution in [2.24, 2.45) is 0 Å². The van der Waals surface area contributed by atoms with Crippen LogP contribution in [0.15, 0.2) is 67.4 Å². The molecule has 0 saturated carbocycles. The number of likely N-dealkylation sites (tertiary alicyclic amines) is 1. The van der Waals surface area contributed by atoms with Crippen molar-refractivity contribution in [2.45, 2.75) is 76.8 Å². The Morgan fingerprint density at radius 2 is 1.58 bits per heavy atom. The zero-order valence-electron chi connectivity index (χ0n) is 41.4. The van der Waals surface area contributed by atoms with Crippen LogP contribution < -0.4 is 25.6 Å². The number of nitrogens with zero attached hydrogens (tertiary/aromatic N) is 7. The predicted molar refractivity (Wildman–Crippen MR) is 272 cm³/mol. The number of rotatable bonds is 25. The largest absolute Gasteiger partial charge is 0.384 e. The third-order valence-electron chi connectivity index (χ3n) is 13.2. The van der Waals surface area contributed by atoms with E-state index in [1.165, 1.54) is 10.9 Å². The number of fused-ring (bicyclic) bond motifs is 2. The first-order chi connectivity index (χ1) is 35.7. The van der Waals surface area contributed by atoms with Gasteiger partial charge in [-0.15, -0.1) is 0 Å². The Labute approximate surface area is 427 Å².